The van der Waals surface area contributed by atoms with Crippen LogP contribution in [0.25, 0.3) is 0 Å². The van der Waals surface area contributed by atoms with Gasteiger partial charge in [-0.2, -0.15) is 0 Å². The molecule has 0 unspecified atom stereocenters. The van der Waals surface area contributed by atoms with Crippen molar-refractivity contribution < 1.29 is 14.0 Å². The average Bonchev–Trinajstić information content (AvgIpc) is 2.97. The molecule has 0 bridgehead atoms. The standard InChI is InChI=1S/C14H19BN2O3/c1-13(2)14(3,4)20-15(19-13)11-7-5-6-10(8-11)12-17-16-9-18-12/h5-8,16H,9H2,1-4H3. The number of nitrogens with one attached hydrogen (secondary N) is 1. The van der Waals surface area contributed by atoms with E-state index in [9.17, 15) is 0 Å². The van der Waals surface area contributed by atoms with Gasteiger partial charge in [0.15, 0.2) is 6.73 Å². The molecule has 2 heterocycles. The van der Waals surface area contributed by atoms with E-state index in [1.54, 1.807) is 0 Å². The van der Waals surface area contributed by atoms with Gasteiger partial charge in [0.2, 0.25) is 5.90 Å². The van der Waals surface area contributed by atoms with E-state index in [1.807, 2.05) is 52.0 Å². The van der Waals surface area contributed by atoms with Crippen LogP contribution in [0.3, 0.4) is 0 Å². The number of ether oxygens (including phenoxy) is 1. The van der Waals surface area contributed by atoms with Crippen LogP contribution in [-0.4, -0.2) is 30.9 Å². The minimum absolute atomic E-state index is 0.337. The van der Waals surface area contributed by atoms with Gasteiger partial charge < -0.3 is 14.0 Å². The summed E-state index contributed by atoms with van der Waals surface area (Å²) in [5.41, 5.74) is 4.01. The maximum absolute atomic E-state index is 6.05. The summed E-state index contributed by atoms with van der Waals surface area (Å²) < 4.78 is 17.5. The summed E-state index contributed by atoms with van der Waals surface area (Å²) in [6, 6.07) is 7.91. The van der Waals surface area contributed by atoms with Crippen molar-refractivity contribution in [3.8, 4) is 0 Å². The fourth-order valence-electron chi connectivity index (χ4n) is 2.18. The molecule has 20 heavy (non-hydrogen) atoms. The summed E-state index contributed by atoms with van der Waals surface area (Å²) in [4.78, 5) is 0. The smallest absolute Gasteiger partial charge is 0.454 e. The molecule has 1 N–H and O–H groups in total. The second-order valence-corrected chi connectivity index (χ2v) is 6.08. The van der Waals surface area contributed by atoms with Crippen molar-refractivity contribution in [1.29, 1.82) is 0 Å². The van der Waals surface area contributed by atoms with Crippen LogP contribution in [0.2, 0.25) is 0 Å². The topological polar surface area (TPSA) is 52.1 Å². The van der Waals surface area contributed by atoms with Crippen molar-refractivity contribution in [2.45, 2.75) is 38.9 Å². The first kappa shape index (κ1) is 13.5. The summed E-state index contributed by atoms with van der Waals surface area (Å²) in [6.07, 6.45) is 0. The van der Waals surface area contributed by atoms with Crippen molar-refractivity contribution in [1.82, 2.24) is 5.43 Å². The monoisotopic (exact) mass is 274 g/mol. The van der Waals surface area contributed by atoms with Crippen LogP contribution in [0.15, 0.2) is 29.4 Å². The lowest BCUT2D eigenvalue weighted by molar-refractivity contribution is 0.00578. The van der Waals surface area contributed by atoms with Crippen LogP contribution in [-0.2, 0) is 14.0 Å². The van der Waals surface area contributed by atoms with Gasteiger partial charge in [0.05, 0.1) is 11.2 Å². The third-order valence-corrected chi connectivity index (χ3v) is 4.11. The van der Waals surface area contributed by atoms with Crippen LogP contribution in [0.4, 0.5) is 0 Å². The average molecular weight is 274 g/mol. The fraction of sp³-hybridized carbons (Fsp3) is 0.500. The summed E-state index contributed by atoms with van der Waals surface area (Å²) in [7, 11) is -0.366. The molecule has 0 aromatic heterocycles. The zero-order valence-electron chi connectivity index (χ0n) is 12.3. The van der Waals surface area contributed by atoms with Gasteiger partial charge in [-0.05, 0) is 45.3 Å². The summed E-state index contributed by atoms with van der Waals surface area (Å²) >= 11 is 0. The Labute approximate surface area is 119 Å². The lowest BCUT2D eigenvalue weighted by Crippen LogP contribution is -2.41. The van der Waals surface area contributed by atoms with E-state index in [4.69, 9.17) is 14.0 Å². The quantitative estimate of drug-likeness (QED) is 0.824. The fourth-order valence-corrected chi connectivity index (χ4v) is 2.18. The second-order valence-electron chi connectivity index (χ2n) is 6.08. The van der Waals surface area contributed by atoms with Gasteiger partial charge in [-0.3, -0.25) is 5.43 Å². The van der Waals surface area contributed by atoms with E-state index >= 15 is 0 Å². The number of benzene rings is 1. The van der Waals surface area contributed by atoms with Gasteiger partial charge in [-0.25, -0.2) is 0 Å². The maximum Gasteiger partial charge on any atom is 0.494 e. The second kappa shape index (κ2) is 4.50. The van der Waals surface area contributed by atoms with Crippen molar-refractivity contribution in [2.24, 2.45) is 5.10 Å². The van der Waals surface area contributed by atoms with E-state index in [0.717, 1.165) is 11.0 Å². The molecule has 1 fully saturated rings. The number of nitrogens with zero attached hydrogens (tertiary/aromatic N) is 1. The normalized spacial score (nSPS) is 23.2. The van der Waals surface area contributed by atoms with E-state index in [-0.39, 0.29) is 18.3 Å². The van der Waals surface area contributed by atoms with E-state index in [1.165, 1.54) is 0 Å². The molecule has 2 aliphatic rings. The highest BCUT2D eigenvalue weighted by molar-refractivity contribution is 6.62. The summed E-state index contributed by atoms with van der Waals surface area (Å²) in [6.45, 7) is 8.60. The Kier molecular flexibility index (Phi) is 3.03. The first-order valence-electron chi connectivity index (χ1n) is 6.78. The molecule has 5 nitrogen and oxygen atoms in total. The Balaban J connectivity index is 1.87. The molecule has 6 heteroatoms. The molecule has 0 spiro atoms. The molecular weight excluding hydrogens is 255 g/mol. The highest BCUT2D eigenvalue weighted by Gasteiger charge is 2.51. The first-order chi connectivity index (χ1) is 9.39. The molecule has 0 aliphatic carbocycles. The molecule has 1 aromatic carbocycles. The number of hydrazone groups is 1. The molecule has 1 aromatic rings. The lowest BCUT2D eigenvalue weighted by Gasteiger charge is -2.32. The minimum atomic E-state index is -0.366. The Bertz CT molecular complexity index is 541. The van der Waals surface area contributed by atoms with E-state index in [0.29, 0.717) is 12.6 Å². The Morgan fingerprint density at radius 1 is 1.15 bits per heavy atom. The van der Waals surface area contributed by atoms with Gasteiger partial charge in [0.1, 0.15) is 0 Å². The van der Waals surface area contributed by atoms with Crippen LogP contribution < -0.4 is 10.9 Å². The van der Waals surface area contributed by atoms with Crippen LogP contribution in [0, 0.1) is 0 Å². The molecule has 0 atom stereocenters. The zero-order valence-corrected chi connectivity index (χ0v) is 12.3. The molecule has 0 saturated carbocycles. The molecule has 0 amide bonds. The van der Waals surface area contributed by atoms with Gasteiger partial charge >= 0.3 is 7.12 Å². The SMILES string of the molecule is CC1(C)OB(c2cccc(C3=NNCO3)c2)OC1(C)C. The van der Waals surface area contributed by atoms with Gasteiger partial charge in [0, 0.05) is 5.56 Å². The van der Waals surface area contributed by atoms with Gasteiger partial charge in [-0.15, -0.1) is 5.10 Å². The van der Waals surface area contributed by atoms with Crippen LogP contribution >= 0.6 is 0 Å². The maximum atomic E-state index is 6.05. The Hall–Kier alpha value is -1.53. The predicted octanol–water partition coefficient (Wildman–Crippen LogP) is 1.22. The Morgan fingerprint density at radius 3 is 2.45 bits per heavy atom. The molecule has 0 radical (unpaired) electrons. The van der Waals surface area contributed by atoms with Crippen molar-refractivity contribution >= 4 is 18.5 Å². The number of hydrogen-bond donors (Lipinski definition) is 1. The van der Waals surface area contributed by atoms with Crippen molar-refractivity contribution in [3.05, 3.63) is 29.8 Å². The Morgan fingerprint density at radius 2 is 1.85 bits per heavy atom. The molecule has 106 valence electrons. The van der Waals surface area contributed by atoms with E-state index < -0.39 is 0 Å². The number of hydrogen-bond acceptors (Lipinski definition) is 5. The molecule has 3 rings (SSSR count). The highest BCUT2D eigenvalue weighted by Crippen LogP contribution is 2.36. The lowest BCUT2D eigenvalue weighted by atomic mass is 9.78. The molecule has 2 aliphatic heterocycles. The highest BCUT2D eigenvalue weighted by atomic mass is 16.7. The predicted molar refractivity (Wildman–Crippen MR) is 77.8 cm³/mol. The van der Waals surface area contributed by atoms with Crippen LogP contribution in [0.1, 0.15) is 33.3 Å². The first-order valence-corrected chi connectivity index (χ1v) is 6.78. The number of rotatable bonds is 2. The van der Waals surface area contributed by atoms with Gasteiger partial charge in [-0.1, -0.05) is 12.1 Å². The van der Waals surface area contributed by atoms with Crippen molar-refractivity contribution in [2.75, 3.05) is 6.73 Å². The van der Waals surface area contributed by atoms with Gasteiger partial charge in [0.25, 0.3) is 0 Å². The summed E-state index contributed by atoms with van der Waals surface area (Å²) in [5, 5.41) is 4.09. The molecule has 1 saturated heterocycles. The van der Waals surface area contributed by atoms with Crippen LogP contribution in [0.5, 0.6) is 0 Å². The minimum Gasteiger partial charge on any atom is -0.454 e. The third kappa shape index (κ3) is 2.19. The van der Waals surface area contributed by atoms with Crippen molar-refractivity contribution in [3.63, 3.8) is 0 Å². The largest absolute Gasteiger partial charge is 0.494 e. The zero-order chi connectivity index (χ0) is 14.4. The summed E-state index contributed by atoms with van der Waals surface area (Å²) in [5.74, 6) is 0.600. The molecular formula is C14H19BN2O3. The van der Waals surface area contributed by atoms with E-state index in [2.05, 4.69) is 10.5 Å². The third-order valence-electron chi connectivity index (χ3n) is 4.11.